The van der Waals surface area contributed by atoms with Gasteiger partial charge in [-0.05, 0) is 86.6 Å². The molecule has 9 heteroatoms. The van der Waals surface area contributed by atoms with Crippen LogP contribution in [-0.4, -0.2) is 70.2 Å². The Morgan fingerprint density at radius 2 is 1.84 bits per heavy atom. The summed E-state index contributed by atoms with van der Waals surface area (Å²) in [5.74, 6) is 0.260. The van der Waals surface area contributed by atoms with Crippen LogP contribution in [0.25, 0.3) is 17.1 Å². The molecule has 0 aliphatic carbocycles. The van der Waals surface area contributed by atoms with Crippen molar-refractivity contribution in [2.75, 3.05) is 33.4 Å². The van der Waals surface area contributed by atoms with Crippen molar-refractivity contribution in [1.82, 2.24) is 19.7 Å². The predicted molar refractivity (Wildman–Crippen MR) is 165 cm³/mol. The molecule has 0 spiro atoms. The molecular weight excluding hydrogens is 544 g/mol. The quantitative estimate of drug-likeness (QED) is 0.241. The first-order chi connectivity index (χ1) is 20.8. The normalized spacial score (nSPS) is 14.2. The van der Waals surface area contributed by atoms with Gasteiger partial charge in [-0.1, -0.05) is 30.3 Å². The highest BCUT2D eigenvalue weighted by molar-refractivity contribution is 5.90. The number of benzene rings is 2. The van der Waals surface area contributed by atoms with E-state index < -0.39 is 5.97 Å². The lowest BCUT2D eigenvalue weighted by Crippen LogP contribution is -2.38. The highest BCUT2D eigenvalue weighted by Gasteiger charge is 2.22. The number of pyridine rings is 1. The molecule has 1 N–H and O–H groups in total. The number of carbonyl (C=O) groups is 1. The van der Waals surface area contributed by atoms with Crippen LogP contribution in [0.4, 0.5) is 0 Å². The third-order valence-electron chi connectivity index (χ3n) is 8.20. The zero-order chi connectivity index (χ0) is 30.5. The molecule has 0 saturated carbocycles. The van der Waals surface area contributed by atoms with Crippen LogP contribution < -0.4 is 9.47 Å². The molecule has 0 amide bonds. The van der Waals surface area contributed by atoms with Gasteiger partial charge in [-0.25, -0.2) is 9.78 Å². The summed E-state index contributed by atoms with van der Waals surface area (Å²) in [6.45, 7) is 11.8. The molecule has 9 nitrogen and oxygen atoms in total. The second-order valence-corrected chi connectivity index (χ2v) is 11.0. The average molecular weight is 585 g/mol. The minimum Gasteiger partial charge on any atom is -0.488 e. The van der Waals surface area contributed by atoms with E-state index in [1.54, 1.807) is 20.1 Å². The first-order valence-corrected chi connectivity index (χ1v) is 14.8. The fourth-order valence-electron chi connectivity index (χ4n) is 5.83. The molecule has 1 aliphatic rings. The van der Waals surface area contributed by atoms with E-state index in [9.17, 15) is 9.90 Å². The third kappa shape index (κ3) is 6.43. The van der Waals surface area contributed by atoms with E-state index in [0.29, 0.717) is 30.8 Å². The summed E-state index contributed by atoms with van der Waals surface area (Å²) in [6, 6.07) is 16.4. The molecule has 1 atom stereocenters. The van der Waals surface area contributed by atoms with Crippen LogP contribution in [0.3, 0.4) is 0 Å². The first kappa shape index (κ1) is 30.3. The number of hydrogen-bond donors (Lipinski definition) is 1. The van der Waals surface area contributed by atoms with Crippen LogP contribution in [0.5, 0.6) is 11.6 Å². The number of aryl methyl sites for hydroxylation is 1. The number of carboxylic acid groups (broad SMARTS) is 1. The number of fused-ring (bicyclic) bond motifs is 1. The zero-order valence-electron chi connectivity index (χ0n) is 25.6. The highest BCUT2D eigenvalue weighted by Crippen LogP contribution is 2.34. The molecule has 43 heavy (non-hydrogen) atoms. The molecule has 226 valence electrons. The number of nitrogens with zero attached hydrogens (tertiary/aromatic N) is 4. The number of hydrogen-bond acceptors (Lipinski definition) is 7. The highest BCUT2D eigenvalue weighted by atomic mass is 16.5. The third-order valence-corrected chi connectivity index (χ3v) is 8.20. The van der Waals surface area contributed by atoms with E-state index in [2.05, 4.69) is 36.0 Å². The van der Waals surface area contributed by atoms with E-state index in [1.807, 2.05) is 37.3 Å². The van der Waals surface area contributed by atoms with Crippen LogP contribution in [0, 0.1) is 13.8 Å². The second-order valence-electron chi connectivity index (χ2n) is 11.0. The van der Waals surface area contributed by atoms with Gasteiger partial charge in [-0.3, -0.25) is 4.90 Å². The van der Waals surface area contributed by atoms with E-state index in [1.165, 1.54) is 33.1 Å². The van der Waals surface area contributed by atoms with Gasteiger partial charge < -0.3 is 19.3 Å². The van der Waals surface area contributed by atoms with Gasteiger partial charge in [-0.15, -0.1) is 0 Å². The van der Waals surface area contributed by atoms with Crippen molar-refractivity contribution < 1.29 is 24.1 Å². The van der Waals surface area contributed by atoms with E-state index in [4.69, 9.17) is 19.2 Å². The lowest BCUT2D eigenvalue weighted by Gasteiger charge is -2.26. The van der Waals surface area contributed by atoms with Gasteiger partial charge in [0.1, 0.15) is 17.9 Å². The smallest absolute Gasteiger partial charge is 0.342 e. The maximum atomic E-state index is 11.7. The van der Waals surface area contributed by atoms with Crippen molar-refractivity contribution in [3.05, 3.63) is 88.1 Å². The number of rotatable bonds is 11. The molecule has 1 unspecified atom stereocenters. The summed E-state index contributed by atoms with van der Waals surface area (Å²) in [5, 5.41) is 13.8. The van der Waals surface area contributed by atoms with Crippen LogP contribution in [0.1, 0.15) is 52.0 Å². The Balaban J connectivity index is 1.40. The predicted octanol–water partition coefficient (Wildman–Crippen LogP) is 5.66. The number of ether oxygens (including phenoxy) is 3. The maximum Gasteiger partial charge on any atom is 0.342 e. The zero-order valence-corrected chi connectivity index (χ0v) is 25.6. The number of aromatic nitrogens is 3. The Morgan fingerprint density at radius 1 is 1.05 bits per heavy atom. The topological polar surface area (TPSA) is 98.9 Å². The van der Waals surface area contributed by atoms with Crippen molar-refractivity contribution in [3.63, 3.8) is 0 Å². The molecule has 2 aromatic carbocycles. The lowest BCUT2D eigenvalue weighted by atomic mass is 9.94. The van der Waals surface area contributed by atoms with Crippen molar-refractivity contribution >= 4 is 5.97 Å². The van der Waals surface area contributed by atoms with E-state index in [0.717, 1.165) is 49.4 Å². The molecular formula is C34H40N4O5. The molecule has 0 bridgehead atoms. The van der Waals surface area contributed by atoms with Crippen molar-refractivity contribution in [3.8, 4) is 28.7 Å². The molecule has 0 radical (unpaired) electrons. The van der Waals surface area contributed by atoms with Crippen LogP contribution >= 0.6 is 0 Å². The first-order valence-electron chi connectivity index (χ1n) is 14.8. The van der Waals surface area contributed by atoms with Gasteiger partial charge in [0.05, 0.1) is 25.1 Å². The summed E-state index contributed by atoms with van der Waals surface area (Å²) in [6.07, 6.45) is 3.32. The molecule has 3 heterocycles. The van der Waals surface area contributed by atoms with E-state index in [-0.39, 0.29) is 11.4 Å². The number of methoxy groups -OCH3 is 1. The summed E-state index contributed by atoms with van der Waals surface area (Å²) in [7, 11) is 1.76. The van der Waals surface area contributed by atoms with Gasteiger partial charge in [0, 0.05) is 31.8 Å². The Labute approximate surface area is 253 Å². The monoisotopic (exact) mass is 584 g/mol. The molecule has 2 aromatic heterocycles. The Hall–Kier alpha value is -4.21. The Bertz CT molecular complexity index is 1600. The fourth-order valence-corrected chi connectivity index (χ4v) is 5.83. The summed E-state index contributed by atoms with van der Waals surface area (Å²) in [5.41, 5.74) is 7.84. The molecule has 4 aromatic rings. The average Bonchev–Trinajstić information content (AvgIpc) is 3.29. The Kier molecular flexibility index (Phi) is 9.43. The SMILES string of the molecule is CCOc1c(C(=O)O)cnn1-c1cccc(-c2cccc(C)c2OCc2ccc3c(c2C)CCN(C(C)COC)CC3)n1. The molecule has 0 fully saturated rings. The van der Waals surface area contributed by atoms with Crippen molar-refractivity contribution in [2.45, 2.75) is 53.2 Å². The summed E-state index contributed by atoms with van der Waals surface area (Å²) >= 11 is 0. The number of para-hydroxylation sites is 1. The van der Waals surface area contributed by atoms with Gasteiger partial charge in [-0.2, -0.15) is 9.78 Å². The minimum atomic E-state index is -1.11. The van der Waals surface area contributed by atoms with Crippen molar-refractivity contribution in [2.24, 2.45) is 0 Å². The second kappa shape index (κ2) is 13.4. The molecule has 0 saturated heterocycles. The largest absolute Gasteiger partial charge is 0.488 e. The fraction of sp³-hybridized carbons (Fsp3) is 0.382. The van der Waals surface area contributed by atoms with Gasteiger partial charge in [0.25, 0.3) is 0 Å². The minimum absolute atomic E-state index is 0.0121. The van der Waals surface area contributed by atoms with E-state index >= 15 is 0 Å². The van der Waals surface area contributed by atoms with Gasteiger partial charge in [0.15, 0.2) is 5.82 Å². The van der Waals surface area contributed by atoms with Gasteiger partial charge >= 0.3 is 5.97 Å². The molecule has 1 aliphatic heterocycles. The van der Waals surface area contributed by atoms with Crippen molar-refractivity contribution in [1.29, 1.82) is 0 Å². The van der Waals surface area contributed by atoms with Crippen LogP contribution in [0.15, 0.2) is 54.7 Å². The number of carboxylic acids is 1. The Morgan fingerprint density at radius 3 is 2.60 bits per heavy atom. The van der Waals surface area contributed by atoms with Crippen LogP contribution in [0.2, 0.25) is 0 Å². The lowest BCUT2D eigenvalue weighted by molar-refractivity contribution is 0.0692. The number of aromatic carboxylic acids is 1. The van der Waals surface area contributed by atoms with Gasteiger partial charge in [0.2, 0.25) is 5.88 Å². The summed E-state index contributed by atoms with van der Waals surface area (Å²) in [4.78, 5) is 19.1. The van der Waals surface area contributed by atoms with Crippen LogP contribution in [-0.2, 0) is 24.2 Å². The molecule has 5 rings (SSSR count). The maximum absolute atomic E-state index is 11.7. The standard InChI is InChI=1S/C34H40N4O5/c1-6-42-33-29(34(39)40)19-35-38(33)31-12-8-11-30(36-31)28-10-7-9-22(2)32(28)43-21-26-14-13-25-15-17-37(23(3)20-41-5)18-16-27(25)24(26)4/h7-14,19,23H,6,15-18,20-21H2,1-5H3,(H,39,40). The summed E-state index contributed by atoms with van der Waals surface area (Å²) < 4.78 is 19.0.